The third kappa shape index (κ3) is 1.98. The highest BCUT2D eigenvalue weighted by Gasteiger charge is 2.20. The van der Waals surface area contributed by atoms with Crippen molar-refractivity contribution < 1.29 is 0 Å². The Kier molecular flexibility index (Phi) is 2.87. The molecule has 1 heteroatoms. The van der Waals surface area contributed by atoms with E-state index in [1.165, 1.54) is 24.1 Å². The predicted molar refractivity (Wildman–Crippen MR) is 60.6 cm³/mol. The Morgan fingerprint density at radius 2 is 2.00 bits per heavy atom. The average Bonchev–Trinajstić information content (AvgIpc) is 2.18. The lowest BCUT2D eigenvalue weighted by Gasteiger charge is -2.29. The van der Waals surface area contributed by atoms with Crippen LogP contribution in [0.3, 0.4) is 0 Å². The van der Waals surface area contributed by atoms with Crippen LogP contribution in [-0.2, 0) is 0 Å². The number of hydrogen-bond acceptors (Lipinski definition) is 1. The van der Waals surface area contributed by atoms with Crippen LogP contribution < -0.4 is 5.32 Å². The fourth-order valence-corrected chi connectivity index (χ4v) is 2.44. The van der Waals surface area contributed by atoms with E-state index >= 15 is 0 Å². The van der Waals surface area contributed by atoms with Gasteiger partial charge in [0.2, 0.25) is 0 Å². The van der Waals surface area contributed by atoms with Crippen LogP contribution in [-0.4, -0.2) is 13.1 Å². The first-order valence-electron chi connectivity index (χ1n) is 5.53. The van der Waals surface area contributed by atoms with Crippen molar-refractivity contribution >= 4 is 0 Å². The highest BCUT2D eigenvalue weighted by molar-refractivity contribution is 5.29. The van der Waals surface area contributed by atoms with Gasteiger partial charge in [-0.25, -0.2) is 0 Å². The number of piperidine rings is 1. The minimum atomic E-state index is 0.722. The van der Waals surface area contributed by atoms with Gasteiger partial charge < -0.3 is 5.32 Å². The molecule has 1 fully saturated rings. The Balaban J connectivity index is 2.18. The van der Waals surface area contributed by atoms with Crippen LogP contribution in [0.2, 0.25) is 0 Å². The van der Waals surface area contributed by atoms with Gasteiger partial charge in [-0.15, -0.1) is 0 Å². The van der Waals surface area contributed by atoms with E-state index in [1.54, 1.807) is 0 Å². The number of hydrogen-bond donors (Lipinski definition) is 1. The molecule has 2 rings (SSSR count). The van der Waals surface area contributed by atoms with Crippen molar-refractivity contribution in [2.75, 3.05) is 13.1 Å². The van der Waals surface area contributed by atoms with Gasteiger partial charge in [-0.2, -0.15) is 0 Å². The smallest absolute Gasteiger partial charge is 0.00204 e. The largest absolute Gasteiger partial charge is 0.316 e. The normalized spacial score (nSPS) is 27.6. The van der Waals surface area contributed by atoms with Crippen LogP contribution in [0.4, 0.5) is 0 Å². The lowest BCUT2D eigenvalue weighted by Crippen LogP contribution is -2.34. The van der Waals surface area contributed by atoms with Gasteiger partial charge in [-0.3, -0.25) is 0 Å². The molecule has 0 aliphatic carbocycles. The van der Waals surface area contributed by atoms with Crippen molar-refractivity contribution in [3.05, 3.63) is 35.4 Å². The van der Waals surface area contributed by atoms with E-state index in [4.69, 9.17) is 0 Å². The van der Waals surface area contributed by atoms with E-state index in [2.05, 4.69) is 43.4 Å². The second-order valence-corrected chi connectivity index (χ2v) is 4.55. The Labute approximate surface area is 86.5 Å². The van der Waals surface area contributed by atoms with Crippen molar-refractivity contribution in [2.24, 2.45) is 5.92 Å². The molecule has 2 atom stereocenters. The van der Waals surface area contributed by atoms with Gasteiger partial charge in [-0.05, 0) is 42.9 Å². The standard InChI is InChI=1S/C13H19N/c1-10-7-12(9-14-8-10)13-6-4-3-5-11(13)2/h3-6,10,12,14H,7-9H2,1-2H3. The van der Waals surface area contributed by atoms with Gasteiger partial charge in [0.25, 0.3) is 0 Å². The first-order valence-corrected chi connectivity index (χ1v) is 5.53. The van der Waals surface area contributed by atoms with Gasteiger partial charge in [0.1, 0.15) is 0 Å². The maximum absolute atomic E-state index is 3.51. The Hall–Kier alpha value is -0.820. The number of benzene rings is 1. The van der Waals surface area contributed by atoms with E-state index in [0.717, 1.165) is 18.4 Å². The molecular formula is C13H19N. The van der Waals surface area contributed by atoms with Crippen LogP contribution in [0, 0.1) is 12.8 Å². The van der Waals surface area contributed by atoms with E-state index in [1.807, 2.05) is 0 Å². The summed E-state index contributed by atoms with van der Waals surface area (Å²) in [4.78, 5) is 0. The van der Waals surface area contributed by atoms with Crippen molar-refractivity contribution in [3.63, 3.8) is 0 Å². The molecular weight excluding hydrogens is 170 g/mol. The van der Waals surface area contributed by atoms with Crippen molar-refractivity contribution in [1.29, 1.82) is 0 Å². The Morgan fingerprint density at radius 3 is 2.71 bits per heavy atom. The molecule has 0 saturated carbocycles. The summed E-state index contributed by atoms with van der Waals surface area (Å²) in [5.74, 6) is 1.54. The average molecular weight is 189 g/mol. The first-order chi connectivity index (χ1) is 6.77. The fourth-order valence-electron chi connectivity index (χ4n) is 2.44. The number of rotatable bonds is 1. The summed E-state index contributed by atoms with van der Waals surface area (Å²) >= 11 is 0. The summed E-state index contributed by atoms with van der Waals surface area (Å²) in [5, 5.41) is 3.51. The third-order valence-corrected chi connectivity index (χ3v) is 3.20. The van der Waals surface area contributed by atoms with Crippen LogP contribution >= 0.6 is 0 Å². The molecule has 1 saturated heterocycles. The maximum Gasteiger partial charge on any atom is 0.00204 e. The molecule has 1 aromatic rings. The van der Waals surface area contributed by atoms with Crippen molar-refractivity contribution in [2.45, 2.75) is 26.2 Å². The second kappa shape index (κ2) is 4.14. The van der Waals surface area contributed by atoms with Gasteiger partial charge in [-0.1, -0.05) is 31.2 Å². The summed E-state index contributed by atoms with van der Waals surface area (Å²) in [5.41, 5.74) is 2.97. The molecule has 0 bridgehead atoms. The topological polar surface area (TPSA) is 12.0 Å². The van der Waals surface area contributed by atoms with Gasteiger partial charge in [0.05, 0.1) is 0 Å². The summed E-state index contributed by atoms with van der Waals surface area (Å²) in [6.45, 7) is 6.88. The molecule has 1 heterocycles. The SMILES string of the molecule is Cc1ccccc1C1CNCC(C)C1. The molecule has 14 heavy (non-hydrogen) atoms. The minimum absolute atomic E-state index is 0.722. The summed E-state index contributed by atoms with van der Waals surface area (Å²) in [6.07, 6.45) is 1.33. The fraction of sp³-hybridized carbons (Fsp3) is 0.538. The summed E-state index contributed by atoms with van der Waals surface area (Å²) in [6, 6.07) is 8.77. The lowest BCUT2D eigenvalue weighted by molar-refractivity contribution is 0.363. The Bertz CT molecular complexity index is 306. The first kappa shape index (κ1) is 9.72. The molecule has 1 aromatic carbocycles. The van der Waals surface area contributed by atoms with Crippen LogP contribution in [0.5, 0.6) is 0 Å². The second-order valence-electron chi connectivity index (χ2n) is 4.55. The van der Waals surface area contributed by atoms with E-state index in [-0.39, 0.29) is 0 Å². The zero-order chi connectivity index (χ0) is 9.97. The van der Waals surface area contributed by atoms with Crippen LogP contribution in [0.15, 0.2) is 24.3 Å². The monoisotopic (exact) mass is 189 g/mol. The lowest BCUT2D eigenvalue weighted by atomic mass is 9.85. The number of aryl methyl sites for hydroxylation is 1. The molecule has 76 valence electrons. The van der Waals surface area contributed by atoms with Crippen molar-refractivity contribution in [1.82, 2.24) is 5.32 Å². The van der Waals surface area contributed by atoms with E-state index in [9.17, 15) is 0 Å². The number of nitrogens with one attached hydrogen (secondary N) is 1. The zero-order valence-corrected chi connectivity index (χ0v) is 9.09. The molecule has 0 aromatic heterocycles. The predicted octanol–water partition coefficient (Wildman–Crippen LogP) is 2.71. The van der Waals surface area contributed by atoms with E-state index < -0.39 is 0 Å². The molecule has 1 N–H and O–H groups in total. The molecule has 0 radical (unpaired) electrons. The minimum Gasteiger partial charge on any atom is -0.316 e. The van der Waals surface area contributed by atoms with Gasteiger partial charge in [0, 0.05) is 6.54 Å². The van der Waals surface area contributed by atoms with Crippen LogP contribution in [0.1, 0.15) is 30.4 Å². The zero-order valence-electron chi connectivity index (χ0n) is 9.09. The van der Waals surface area contributed by atoms with Crippen LogP contribution in [0.25, 0.3) is 0 Å². The maximum atomic E-state index is 3.51. The Morgan fingerprint density at radius 1 is 1.21 bits per heavy atom. The van der Waals surface area contributed by atoms with Gasteiger partial charge in [0.15, 0.2) is 0 Å². The molecule has 0 amide bonds. The molecule has 1 nitrogen and oxygen atoms in total. The third-order valence-electron chi connectivity index (χ3n) is 3.20. The molecule has 2 unspecified atom stereocenters. The summed E-state index contributed by atoms with van der Waals surface area (Å²) < 4.78 is 0. The quantitative estimate of drug-likeness (QED) is 0.716. The summed E-state index contributed by atoms with van der Waals surface area (Å²) in [7, 11) is 0. The van der Waals surface area contributed by atoms with Gasteiger partial charge >= 0.3 is 0 Å². The molecule has 0 spiro atoms. The van der Waals surface area contributed by atoms with Crippen molar-refractivity contribution in [3.8, 4) is 0 Å². The molecule has 1 aliphatic rings. The highest BCUT2D eigenvalue weighted by atomic mass is 14.9. The molecule has 1 aliphatic heterocycles. The highest BCUT2D eigenvalue weighted by Crippen LogP contribution is 2.28. The van der Waals surface area contributed by atoms with E-state index in [0.29, 0.717) is 0 Å².